The Morgan fingerprint density at radius 3 is 2.61 bits per heavy atom. The predicted molar refractivity (Wildman–Crippen MR) is 105 cm³/mol. The summed E-state index contributed by atoms with van der Waals surface area (Å²) in [7, 11) is 0. The van der Waals surface area contributed by atoms with Gasteiger partial charge in [-0.25, -0.2) is 4.98 Å². The van der Waals surface area contributed by atoms with Crippen LogP contribution in [0.5, 0.6) is 0 Å². The zero-order chi connectivity index (χ0) is 20.3. The Labute approximate surface area is 175 Å². The molecule has 0 unspecified atom stereocenters. The van der Waals surface area contributed by atoms with Crippen LogP contribution in [0.3, 0.4) is 0 Å². The van der Waals surface area contributed by atoms with Crippen molar-refractivity contribution in [3.8, 4) is 11.4 Å². The van der Waals surface area contributed by atoms with Crippen molar-refractivity contribution in [2.75, 3.05) is 11.1 Å². The fourth-order valence-electron chi connectivity index (χ4n) is 2.16. The van der Waals surface area contributed by atoms with Gasteiger partial charge in [0.05, 0.1) is 22.0 Å². The summed E-state index contributed by atoms with van der Waals surface area (Å²) < 4.78 is 39.3. The van der Waals surface area contributed by atoms with Gasteiger partial charge in [-0.05, 0) is 30.3 Å². The maximum absolute atomic E-state index is 12.8. The van der Waals surface area contributed by atoms with Crippen LogP contribution in [0, 0.1) is 0 Å². The maximum Gasteiger partial charge on any atom is 0.416 e. The fourth-order valence-corrected chi connectivity index (χ4v) is 3.19. The van der Waals surface area contributed by atoms with Gasteiger partial charge in [0.1, 0.15) is 0 Å². The van der Waals surface area contributed by atoms with Crippen LogP contribution < -0.4 is 5.32 Å². The van der Waals surface area contributed by atoms with Gasteiger partial charge in [-0.2, -0.15) is 13.2 Å². The number of alkyl halides is 3. The number of rotatable bonds is 5. The third kappa shape index (κ3) is 5.27. The van der Waals surface area contributed by atoms with Crippen LogP contribution in [0.1, 0.15) is 5.56 Å². The lowest BCUT2D eigenvalue weighted by atomic mass is 10.2. The number of anilines is 1. The Balaban J connectivity index is 1.61. The van der Waals surface area contributed by atoms with E-state index in [-0.39, 0.29) is 16.5 Å². The molecule has 0 radical (unpaired) electrons. The number of halogens is 5. The lowest BCUT2D eigenvalue weighted by molar-refractivity contribution is -0.137. The molecule has 3 aromatic rings. The molecule has 0 aliphatic rings. The standard InChI is InChI=1S/C17H11BrClF3N4OS/c18-11-4-1-9(2-5-11)15-24-16(26-25-15)28-8-14(27)23-13-7-10(17(20,21)22)3-6-12(13)19/h1-7H,8H2,(H,23,27)(H,24,25,26). The quantitative estimate of drug-likeness (QED) is 0.453. The molecule has 0 fully saturated rings. The lowest BCUT2D eigenvalue weighted by Gasteiger charge is -2.11. The summed E-state index contributed by atoms with van der Waals surface area (Å²) in [6.45, 7) is 0. The van der Waals surface area contributed by atoms with Crippen LogP contribution in [0.2, 0.25) is 5.02 Å². The van der Waals surface area contributed by atoms with Gasteiger partial charge >= 0.3 is 6.18 Å². The lowest BCUT2D eigenvalue weighted by Crippen LogP contribution is -2.15. The number of carbonyl (C=O) groups excluding carboxylic acids is 1. The van der Waals surface area contributed by atoms with E-state index in [0.717, 1.165) is 40.0 Å². The molecule has 0 saturated carbocycles. The first-order valence-corrected chi connectivity index (χ1v) is 9.86. The molecule has 0 saturated heterocycles. The molecule has 28 heavy (non-hydrogen) atoms. The number of hydrogen-bond acceptors (Lipinski definition) is 4. The van der Waals surface area contributed by atoms with Crippen molar-refractivity contribution >= 4 is 50.9 Å². The van der Waals surface area contributed by atoms with E-state index in [2.05, 4.69) is 36.4 Å². The highest BCUT2D eigenvalue weighted by Gasteiger charge is 2.31. The molecule has 0 bridgehead atoms. The van der Waals surface area contributed by atoms with E-state index in [4.69, 9.17) is 11.6 Å². The number of thioether (sulfide) groups is 1. The number of nitrogens with zero attached hydrogens (tertiary/aromatic N) is 2. The molecule has 3 rings (SSSR count). The normalized spacial score (nSPS) is 11.5. The maximum atomic E-state index is 12.8. The van der Waals surface area contributed by atoms with E-state index in [0.29, 0.717) is 11.0 Å². The second-order valence-corrected chi connectivity index (χ2v) is 7.77. The van der Waals surface area contributed by atoms with Gasteiger partial charge in [0.15, 0.2) is 5.82 Å². The summed E-state index contributed by atoms with van der Waals surface area (Å²) in [4.78, 5) is 16.3. The van der Waals surface area contributed by atoms with Crippen molar-refractivity contribution in [2.24, 2.45) is 0 Å². The van der Waals surface area contributed by atoms with Gasteiger partial charge in [0.2, 0.25) is 11.1 Å². The van der Waals surface area contributed by atoms with Crippen LogP contribution in [0.25, 0.3) is 11.4 Å². The highest BCUT2D eigenvalue weighted by atomic mass is 79.9. The molecule has 2 N–H and O–H groups in total. The van der Waals surface area contributed by atoms with Crippen LogP contribution in [-0.2, 0) is 11.0 Å². The first-order valence-electron chi connectivity index (χ1n) is 7.70. The average molecular weight is 492 g/mol. The number of carbonyl (C=O) groups is 1. The SMILES string of the molecule is O=C(CSc1n[nH]c(-c2ccc(Br)cc2)n1)Nc1cc(C(F)(F)F)ccc1Cl. The van der Waals surface area contributed by atoms with E-state index in [1.165, 1.54) is 0 Å². The second kappa shape index (κ2) is 8.54. The summed E-state index contributed by atoms with van der Waals surface area (Å²) in [6, 6.07) is 10.1. The molecule has 0 aliphatic heterocycles. The molecule has 1 aromatic heterocycles. The van der Waals surface area contributed by atoms with Gasteiger partial charge in [-0.3, -0.25) is 9.89 Å². The van der Waals surface area contributed by atoms with E-state index in [9.17, 15) is 18.0 Å². The summed E-state index contributed by atoms with van der Waals surface area (Å²) >= 11 is 10.3. The smallest absolute Gasteiger partial charge is 0.324 e. The van der Waals surface area contributed by atoms with Crippen molar-refractivity contribution in [2.45, 2.75) is 11.3 Å². The van der Waals surface area contributed by atoms with Gasteiger partial charge in [-0.1, -0.05) is 51.4 Å². The molecule has 1 heterocycles. The highest BCUT2D eigenvalue weighted by Crippen LogP contribution is 2.34. The predicted octanol–water partition coefficient (Wildman–Crippen LogP) is 5.64. The first kappa shape index (κ1) is 20.7. The Bertz CT molecular complexity index is 995. The summed E-state index contributed by atoms with van der Waals surface area (Å²) in [5.74, 6) is -0.0814. The van der Waals surface area contributed by atoms with Crippen molar-refractivity contribution < 1.29 is 18.0 Å². The molecule has 2 aromatic carbocycles. The molecule has 11 heteroatoms. The number of amides is 1. The molecule has 5 nitrogen and oxygen atoms in total. The zero-order valence-corrected chi connectivity index (χ0v) is 17.0. The van der Waals surface area contributed by atoms with Crippen molar-refractivity contribution in [3.63, 3.8) is 0 Å². The molecule has 146 valence electrons. The zero-order valence-electron chi connectivity index (χ0n) is 13.8. The minimum absolute atomic E-state index is 0.0155. The average Bonchev–Trinajstić information content (AvgIpc) is 3.10. The molecular weight excluding hydrogens is 481 g/mol. The molecule has 0 aliphatic carbocycles. The number of aromatic amines is 1. The minimum Gasteiger partial charge on any atom is -0.324 e. The summed E-state index contributed by atoms with van der Waals surface area (Å²) in [6.07, 6.45) is -4.53. The van der Waals surface area contributed by atoms with Gasteiger partial charge in [0.25, 0.3) is 0 Å². The Kier molecular flexibility index (Phi) is 6.31. The minimum atomic E-state index is -4.53. The fraction of sp³-hybridized carbons (Fsp3) is 0.118. The van der Waals surface area contributed by atoms with E-state index in [1.54, 1.807) is 0 Å². The van der Waals surface area contributed by atoms with Crippen molar-refractivity contribution in [1.82, 2.24) is 15.2 Å². The monoisotopic (exact) mass is 490 g/mol. The van der Waals surface area contributed by atoms with E-state index in [1.807, 2.05) is 24.3 Å². The van der Waals surface area contributed by atoms with Crippen molar-refractivity contribution in [1.29, 1.82) is 0 Å². The number of benzene rings is 2. The Morgan fingerprint density at radius 1 is 1.21 bits per heavy atom. The third-order valence-corrected chi connectivity index (χ3v) is 5.19. The van der Waals surface area contributed by atoms with E-state index < -0.39 is 17.6 Å². The number of H-pyrrole nitrogens is 1. The van der Waals surface area contributed by atoms with Gasteiger partial charge < -0.3 is 5.32 Å². The van der Waals surface area contributed by atoms with Gasteiger partial charge in [-0.15, -0.1) is 5.10 Å². The molecule has 0 atom stereocenters. The number of nitrogens with one attached hydrogen (secondary N) is 2. The highest BCUT2D eigenvalue weighted by molar-refractivity contribution is 9.10. The van der Waals surface area contributed by atoms with Crippen LogP contribution >= 0.6 is 39.3 Å². The summed E-state index contributed by atoms with van der Waals surface area (Å²) in [5, 5.41) is 9.52. The second-order valence-electron chi connectivity index (χ2n) is 5.50. The largest absolute Gasteiger partial charge is 0.416 e. The third-order valence-electron chi connectivity index (χ3n) is 3.48. The Hall–Kier alpha value is -2.04. The number of hydrogen-bond donors (Lipinski definition) is 2. The first-order chi connectivity index (χ1) is 13.2. The van der Waals surface area contributed by atoms with Crippen molar-refractivity contribution in [3.05, 3.63) is 57.5 Å². The molecule has 1 amide bonds. The van der Waals surface area contributed by atoms with Crippen LogP contribution in [0.4, 0.5) is 18.9 Å². The van der Waals surface area contributed by atoms with Crippen LogP contribution in [-0.4, -0.2) is 26.8 Å². The summed E-state index contributed by atoms with van der Waals surface area (Å²) in [5.41, 5.74) is -0.177. The van der Waals surface area contributed by atoms with Crippen LogP contribution in [0.15, 0.2) is 52.1 Å². The molecule has 0 spiro atoms. The number of aromatic nitrogens is 3. The molecular formula is C17H11BrClF3N4OS. The topological polar surface area (TPSA) is 70.7 Å². The van der Waals surface area contributed by atoms with Gasteiger partial charge in [0, 0.05) is 10.0 Å². The Morgan fingerprint density at radius 2 is 1.93 bits per heavy atom. The van der Waals surface area contributed by atoms with E-state index >= 15 is 0 Å².